The van der Waals surface area contributed by atoms with E-state index >= 15 is 0 Å². The van der Waals surface area contributed by atoms with Crippen molar-refractivity contribution in [1.29, 1.82) is 0 Å². The van der Waals surface area contributed by atoms with Crippen molar-refractivity contribution >= 4 is 16.5 Å². The minimum absolute atomic E-state index is 0.605. The van der Waals surface area contributed by atoms with Gasteiger partial charge in [-0.15, -0.1) is 0 Å². The van der Waals surface area contributed by atoms with Crippen LogP contribution in [-0.2, 0) is 5.21 Å². The van der Waals surface area contributed by atoms with Gasteiger partial charge in [-0.05, 0) is 22.9 Å². The summed E-state index contributed by atoms with van der Waals surface area (Å²) >= 11 is 0. The lowest BCUT2D eigenvalue weighted by molar-refractivity contribution is 0.274. The molecule has 0 unspecified atom stereocenters. The lowest BCUT2D eigenvalue weighted by atomic mass is 10.1. The summed E-state index contributed by atoms with van der Waals surface area (Å²) in [6, 6.07) is 13.5. The van der Waals surface area contributed by atoms with Gasteiger partial charge in [-0.3, -0.25) is 0 Å². The Morgan fingerprint density at radius 1 is 0.917 bits per heavy atom. The molecular formula is C10H8NO. The SMILES string of the molecule is [O]Nc1ccc2ccccc2c1. The van der Waals surface area contributed by atoms with E-state index in [1.807, 2.05) is 41.9 Å². The molecule has 0 amide bonds. The molecule has 2 aromatic carbocycles. The van der Waals surface area contributed by atoms with Gasteiger partial charge in [0.2, 0.25) is 0 Å². The fourth-order valence-electron chi connectivity index (χ4n) is 1.25. The maximum Gasteiger partial charge on any atom is 0.0642 e. The van der Waals surface area contributed by atoms with Gasteiger partial charge in [0.25, 0.3) is 0 Å². The van der Waals surface area contributed by atoms with Crippen molar-refractivity contribution in [1.82, 2.24) is 0 Å². The fourth-order valence-corrected chi connectivity index (χ4v) is 1.25. The second kappa shape index (κ2) is 2.83. The Morgan fingerprint density at radius 2 is 1.67 bits per heavy atom. The molecule has 0 saturated carbocycles. The second-order valence-corrected chi connectivity index (χ2v) is 2.66. The molecule has 0 aliphatic heterocycles. The quantitative estimate of drug-likeness (QED) is 0.635. The fraction of sp³-hybridized carbons (Fsp3) is 0. The zero-order valence-electron chi connectivity index (χ0n) is 6.45. The maximum absolute atomic E-state index is 10.3. The molecule has 0 aliphatic carbocycles. The van der Waals surface area contributed by atoms with E-state index < -0.39 is 0 Å². The van der Waals surface area contributed by atoms with Crippen molar-refractivity contribution in [2.75, 3.05) is 5.48 Å². The van der Waals surface area contributed by atoms with Crippen LogP contribution in [0.15, 0.2) is 42.5 Å². The molecule has 0 spiro atoms. The number of hydrogen-bond acceptors (Lipinski definition) is 1. The van der Waals surface area contributed by atoms with Gasteiger partial charge >= 0.3 is 0 Å². The molecule has 2 aromatic rings. The smallest absolute Gasteiger partial charge is 0.0642 e. The second-order valence-electron chi connectivity index (χ2n) is 2.66. The topological polar surface area (TPSA) is 31.9 Å². The third-order valence-corrected chi connectivity index (χ3v) is 1.87. The van der Waals surface area contributed by atoms with E-state index in [4.69, 9.17) is 0 Å². The maximum atomic E-state index is 10.3. The molecule has 59 valence electrons. The number of rotatable bonds is 1. The molecule has 0 heterocycles. The monoisotopic (exact) mass is 158 g/mol. The Balaban J connectivity index is 2.67. The largest absolute Gasteiger partial charge is 0.233 e. The number of fused-ring (bicyclic) bond motifs is 1. The van der Waals surface area contributed by atoms with Gasteiger partial charge in [0, 0.05) is 0 Å². The molecule has 12 heavy (non-hydrogen) atoms. The van der Waals surface area contributed by atoms with Crippen molar-refractivity contribution in [3.8, 4) is 0 Å². The molecule has 0 aliphatic rings. The number of anilines is 1. The van der Waals surface area contributed by atoms with Crippen molar-refractivity contribution in [3.05, 3.63) is 42.5 Å². The van der Waals surface area contributed by atoms with E-state index in [0.717, 1.165) is 10.8 Å². The zero-order chi connectivity index (χ0) is 8.39. The lowest BCUT2D eigenvalue weighted by Gasteiger charge is -1.99. The highest BCUT2D eigenvalue weighted by Gasteiger charge is 1.93. The highest BCUT2D eigenvalue weighted by molar-refractivity contribution is 5.85. The predicted octanol–water partition coefficient (Wildman–Crippen LogP) is 2.60. The van der Waals surface area contributed by atoms with Crippen molar-refractivity contribution in [2.45, 2.75) is 0 Å². The van der Waals surface area contributed by atoms with Crippen molar-refractivity contribution in [2.24, 2.45) is 0 Å². The van der Waals surface area contributed by atoms with Crippen LogP contribution in [0.3, 0.4) is 0 Å². The summed E-state index contributed by atoms with van der Waals surface area (Å²) in [5.41, 5.74) is 2.47. The molecule has 0 bridgehead atoms. The van der Waals surface area contributed by atoms with Gasteiger partial charge in [0.15, 0.2) is 0 Å². The summed E-state index contributed by atoms with van der Waals surface area (Å²) < 4.78 is 0. The third-order valence-electron chi connectivity index (χ3n) is 1.87. The highest BCUT2D eigenvalue weighted by atomic mass is 16.5. The summed E-state index contributed by atoms with van der Waals surface area (Å²) in [5, 5.41) is 12.6. The molecule has 1 radical (unpaired) electrons. The molecule has 0 saturated heterocycles. The molecule has 0 aromatic heterocycles. The number of hydrogen-bond donors (Lipinski definition) is 1. The molecule has 0 fully saturated rings. The van der Waals surface area contributed by atoms with Gasteiger partial charge in [-0.25, -0.2) is 5.48 Å². The minimum Gasteiger partial charge on any atom is -0.233 e. The molecule has 2 rings (SSSR count). The summed E-state index contributed by atoms with van der Waals surface area (Å²) in [6.45, 7) is 0. The predicted molar refractivity (Wildman–Crippen MR) is 48.3 cm³/mol. The van der Waals surface area contributed by atoms with Crippen LogP contribution >= 0.6 is 0 Å². The normalized spacial score (nSPS) is 10.1. The van der Waals surface area contributed by atoms with Crippen LogP contribution < -0.4 is 5.48 Å². The molecular weight excluding hydrogens is 150 g/mol. The number of benzene rings is 2. The van der Waals surface area contributed by atoms with E-state index in [1.54, 1.807) is 6.07 Å². The summed E-state index contributed by atoms with van der Waals surface area (Å²) in [7, 11) is 0. The van der Waals surface area contributed by atoms with Gasteiger partial charge in [0.1, 0.15) is 0 Å². The van der Waals surface area contributed by atoms with E-state index in [1.165, 1.54) is 0 Å². The van der Waals surface area contributed by atoms with Crippen LogP contribution in [0.1, 0.15) is 0 Å². The lowest BCUT2D eigenvalue weighted by Crippen LogP contribution is -1.85. The summed E-state index contributed by atoms with van der Waals surface area (Å²) in [6.07, 6.45) is 0. The molecule has 1 N–H and O–H groups in total. The molecule has 2 heteroatoms. The molecule has 2 nitrogen and oxygen atoms in total. The van der Waals surface area contributed by atoms with E-state index in [2.05, 4.69) is 0 Å². The van der Waals surface area contributed by atoms with Gasteiger partial charge in [0.05, 0.1) is 5.69 Å². The first-order chi connectivity index (χ1) is 5.90. The Morgan fingerprint density at radius 3 is 2.42 bits per heavy atom. The first kappa shape index (κ1) is 7.13. The van der Waals surface area contributed by atoms with Crippen LogP contribution in [0.25, 0.3) is 10.8 Å². The summed E-state index contributed by atoms with van der Waals surface area (Å²) in [4.78, 5) is 0. The highest BCUT2D eigenvalue weighted by Crippen LogP contribution is 2.17. The van der Waals surface area contributed by atoms with E-state index in [9.17, 15) is 5.21 Å². The Kier molecular flexibility index (Phi) is 1.68. The van der Waals surface area contributed by atoms with Crippen molar-refractivity contribution in [3.63, 3.8) is 0 Å². The van der Waals surface area contributed by atoms with E-state index in [-0.39, 0.29) is 0 Å². The minimum atomic E-state index is 0.605. The first-order valence-electron chi connectivity index (χ1n) is 3.77. The van der Waals surface area contributed by atoms with Crippen LogP contribution in [0, 0.1) is 0 Å². The zero-order valence-corrected chi connectivity index (χ0v) is 6.45. The van der Waals surface area contributed by atoms with Gasteiger partial charge < -0.3 is 0 Å². The first-order valence-corrected chi connectivity index (χ1v) is 3.77. The standard InChI is InChI=1S/C10H8NO/c12-11-10-6-5-8-3-1-2-4-9(8)7-10/h1-7,11H. The van der Waals surface area contributed by atoms with Crippen LogP contribution in [0.5, 0.6) is 0 Å². The molecule has 0 atom stereocenters. The van der Waals surface area contributed by atoms with Crippen LogP contribution in [-0.4, -0.2) is 0 Å². The van der Waals surface area contributed by atoms with Gasteiger partial charge in [-0.1, -0.05) is 35.5 Å². The van der Waals surface area contributed by atoms with Crippen LogP contribution in [0.4, 0.5) is 5.69 Å². The van der Waals surface area contributed by atoms with Gasteiger partial charge in [-0.2, -0.15) is 0 Å². The van der Waals surface area contributed by atoms with Crippen LogP contribution in [0.2, 0.25) is 0 Å². The van der Waals surface area contributed by atoms with E-state index in [0.29, 0.717) is 5.69 Å². The third kappa shape index (κ3) is 1.12. The van der Waals surface area contributed by atoms with Crippen molar-refractivity contribution < 1.29 is 5.21 Å². The Hall–Kier alpha value is -1.54. The average Bonchev–Trinajstić information content (AvgIpc) is 2.17. The number of nitrogens with one attached hydrogen (secondary N) is 1. The summed E-state index contributed by atoms with van der Waals surface area (Å²) in [5.74, 6) is 0. The average molecular weight is 158 g/mol. The Labute approximate surface area is 70.4 Å². The Bertz CT molecular complexity index is 398.